The first kappa shape index (κ1) is 10.7. The highest BCUT2D eigenvalue weighted by molar-refractivity contribution is 5.97. The number of likely N-dealkylation sites (N-methyl/N-ethyl adjacent to an activating group) is 1. The van der Waals surface area contributed by atoms with E-state index < -0.39 is 0 Å². The van der Waals surface area contributed by atoms with Gasteiger partial charge in [0.2, 0.25) is 0 Å². The SMILES string of the molecule is CNC(=O)C1=C(C)N=CC(C)(C)C=C1. The molecule has 14 heavy (non-hydrogen) atoms. The summed E-state index contributed by atoms with van der Waals surface area (Å²) in [6.45, 7) is 5.94. The third-order valence-corrected chi connectivity index (χ3v) is 2.13. The molecule has 1 heterocycles. The van der Waals surface area contributed by atoms with Crippen LogP contribution in [-0.4, -0.2) is 19.2 Å². The van der Waals surface area contributed by atoms with E-state index in [-0.39, 0.29) is 11.3 Å². The molecule has 3 nitrogen and oxygen atoms in total. The molecular weight excluding hydrogens is 176 g/mol. The Labute approximate surface area is 84.6 Å². The van der Waals surface area contributed by atoms with Crippen molar-refractivity contribution in [1.82, 2.24) is 5.32 Å². The number of hydrogen-bond donors (Lipinski definition) is 1. The average Bonchev–Trinajstić information content (AvgIpc) is 2.26. The van der Waals surface area contributed by atoms with Gasteiger partial charge in [0.15, 0.2) is 0 Å². The Morgan fingerprint density at radius 1 is 1.50 bits per heavy atom. The lowest BCUT2D eigenvalue weighted by Gasteiger charge is -2.10. The number of amides is 1. The largest absolute Gasteiger partial charge is 0.355 e. The minimum Gasteiger partial charge on any atom is -0.355 e. The molecule has 0 atom stereocenters. The molecule has 0 aromatic carbocycles. The number of nitrogens with one attached hydrogen (secondary N) is 1. The Morgan fingerprint density at radius 2 is 2.14 bits per heavy atom. The Bertz CT molecular complexity index is 335. The fourth-order valence-electron chi connectivity index (χ4n) is 1.17. The van der Waals surface area contributed by atoms with Gasteiger partial charge in [-0.2, -0.15) is 0 Å². The molecule has 1 aliphatic rings. The van der Waals surface area contributed by atoms with E-state index in [4.69, 9.17) is 0 Å². The van der Waals surface area contributed by atoms with Gasteiger partial charge in [-0.25, -0.2) is 0 Å². The number of allylic oxidation sites excluding steroid dienone is 2. The lowest BCUT2D eigenvalue weighted by atomic mass is 9.94. The second kappa shape index (κ2) is 3.78. The summed E-state index contributed by atoms with van der Waals surface area (Å²) in [5.41, 5.74) is 1.30. The molecule has 76 valence electrons. The van der Waals surface area contributed by atoms with Gasteiger partial charge in [-0.15, -0.1) is 0 Å². The van der Waals surface area contributed by atoms with Crippen molar-refractivity contribution in [3.8, 4) is 0 Å². The van der Waals surface area contributed by atoms with Gasteiger partial charge >= 0.3 is 0 Å². The Hall–Kier alpha value is -1.38. The highest BCUT2D eigenvalue weighted by Crippen LogP contribution is 2.21. The summed E-state index contributed by atoms with van der Waals surface area (Å²) in [5, 5.41) is 2.60. The van der Waals surface area contributed by atoms with E-state index in [0.717, 1.165) is 5.70 Å². The van der Waals surface area contributed by atoms with Gasteiger partial charge in [-0.3, -0.25) is 9.79 Å². The Kier molecular flexibility index (Phi) is 2.89. The van der Waals surface area contributed by atoms with E-state index in [1.54, 1.807) is 7.05 Å². The summed E-state index contributed by atoms with van der Waals surface area (Å²) in [4.78, 5) is 15.7. The van der Waals surface area contributed by atoms with Crippen molar-refractivity contribution >= 4 is 12.1 Å². The minimum atomic E-state index is -0.0893. The first-order valence-electron chi connectivity index (χ1n) is 4.64. The number of aliphatic imine (C=N–C) groups is 1. The van der Waals surface area contributed by atoms with Crippen LogP contribution in [0.3, 0.4) is 0 Å². The second-order valence-electron chi connectivity index (χ2n) is 3.99. The van der Waals surface area contributed by atoms with E-state index in [9.17, 15) is 4.79 Å². The topological polar surface area (TPSA) is 41.5 Å². The number of carbonyl (C=O) groups excluding carboxylic acids is 1. The normalized spacial score (nSPS) is 19.4. The van der Waals surface area contributed by atoms with Crippen LogP contribution in [0.5, 0.6) is 0 Å². The van der Waals surface area contributed by atoms with E-state index >= 15 is 0 Å². The van der Waals surface area contributed by atoms with Crippen LogP contribution in [-0.2, 0) is 4.79 Å². The average molecular weight is 192 g/mol. The molecule has 1 aliphatic heterocycles. The molecule has 1 amide bonds. The van der Waals surface area contributed by atoms with Crippen molar-refractivity contribution in [2.75, 3.05) is 7.05 Å². The molecule has 0 spiro atoms. The van der Waals surface area contributed by atoms with Gasteiger partial charge in [-0.05, 0) is 6.92 Å². The van der Waals surface area contributed by atoms with E-state index in [1.807, 2.05) is 39.1 Å². The van der Waals surface area contributed by atoms with Crippen molar-refractivity contribution in [2.45, 2.75) is 20.8 Å². The molecule has 0 aromatic rings. The van der Waals surface area contributed by atoms with Crippen LogP contribution >= 0.6 is 0 Å². The number of hydrogen-bond acceptors (Lipinski definition) is 2. The summed E-state index contributed by atoms with van der Waals surface area (Å²) in [6, 6.07) is 0. The number of rotatable bonds is 1. The Morgan fingerprint density at radius 3 is 2.71 bits per heavy atom. The lowest BCUT2D eigenvalue weighted by Crippen LogP contribution is -2.19. The highest BCUT2D eigenvalue weighted by atomic mass is 16.1. The zero-order valence-electron chi connectivity index (χ0n) is 9.09. The molecule has 0 aliphatic carbocycles. The molecule has 0 bridgehead atoms. The smallest absolute Gasteiger partial charge is 0.252 e. The zero-order valence-corrected chi connectivity index (χ0v) is 9.09. The first-order chi connectivity index (χ1) is 6.46. The van der Waals surface area contributed by atoms with Crippen molar-refractivity contribution in [3.05, 3.63) is 23.4 Å². The van der Waals surface area contributed by atoms with Crippen LogP contribution in [0.25, 0.3) is 0 Å². The third-order valence-electron chi connectivity index (χ3n) is 2.13. The maximum absolute atomic E-state index is 11.4. The number of carbonyl (C=O) groups is 1. The molecule has 0 fully saturated rings. The monoisotopic (exact) mass is 192 g/mol. The standard InChI is InChI=1S/C11H16N2O/c1-8-9(10(14)12-4)5-6-11(2,3)7-13-8/h5-7H,1-4H3,(H,12,14). The maximum atomic E-state index is 11.4. The predicted octanol–water partition coefficient (Wildman–Crippen LogP) is 1.67. The minimum absolute atomic E-state index is 0.0863. The first-order valence-corrected chi connectivity index (χ1v) is 4.64. The Balaban J connectivity index is 3.08. The maximum Gasteiger partial charge on any atom is 0.252 e. The molecule has 0 aromatic heterocycles. The van der Waals surface area contributed by atoms with Crippen LogP contribution in [0.4, 0.5) is 0 Å². The van der Waals surface area contributed by atoms with Crippen molar-refractivity contribution < 1.29 is 4.79 Å². The van der Waals surface area contributed by atoms with Gasteiger partial charge in [0.25, 0.3) is 5.91 Å². The van der Waals surface area contributed by atoms with Crippen LogP contribution in [0, 0.1) is 5.41 Å². The van der Waals surface area contributed by atoms with Crippen LogP contribution in [0.1, 0.15) is 20.8 Å². The molecule has 1 rings (SSSR count). The summed E-state index contributed by atoms with van der Waals surface area (Å²) < 4.78 is 0. The predicted molar refractivity (Wildman–Crippen MR) is 58.2 cm³/mol. The molecular formula is C11H16N2O. The number of nitrogens with zero attached hydrogens (tertiary/aromatic N) is 1. The van der Waals surface area contributed by atoms with Gasteiger partial charge in [0, 0.05) is 24.4 Å². The van der Waals surface area contributed by atoms with Gasteiger partial charge in [0.1, 0.15) is 0 Å². The summed E-state index contributed by atoms with van der Waals surface area (Å²) in [7, 11) is 1.62. The van der Waals surface area contributed by atoms with Gasteiger partial charge < -0.3 is 5.32 Å². The van der Waals surface area contributed by atoms with Crippen LogP contribution in [0.2, 0.25) is 0 Å². The molecule has 0 unspecified atom stereocenters. The van der Waals surface area contributed by atoms with Crippen molar-refractivity contribution in [3.63, 3.8) is 0 Å². The molecule has 0 saturated carbocycles. The van der Waals surface area contributed by atoms with Crippen LogP contribution < -0.4 is 5.32 Å². The van der Waals surface area contributed by atoms with E-state index in [2.05, 4.69) is 10.3 Å². The third kappa shape index (κ3) is 2.31. The van der Waals surface area contributed by atoms with Crippen molar-refractivity contribution in [1.29, 1.82) is 0 Å². The second-order valence-corrected chi connectivity index (χ2v) is 3.99. The van der Waals surface area contributed by atoms with Crippen LogP contribution in [0.15, 0.2) is 28.4 Å². The summed E-state index contributed by atoms with van der Waals surface area (Å²) >= 11 is 0. The quantitative estimate of drug-likeness (QED) is 0.674. The molecule has 1 N–H and O–H groups in total. The van der Waals surface area contributed by atoms with Gasteiger partial charge in [-0.1, -0.05) is 26.0 Å². The molecule has 0 radical (unpaired) electrons. The summed E-state index contributed by atoms with van der Waals surface area (Å²) in [5.74, 6) is -0.0893. The summed E-state index contributed by atoms with van der Waals surface area (Å²) in [6.07, 6.45) is 5.67. The molecule has 0 saturated heterocycles. The fraction of sp³-hybridized carbons (Fsp3) is 0.455. The van der Waals surface area contributed by atoms with Crippen molar-refractivity contribution in [2.24, 2.45) is 10.4 Å². The fourth-order valence-corrected chi connectivity index (χ4v) is 1.17. The lowest BCUT2D eigenvalue weighted by molar-refractivity contribution is -0.116. The van der Waals surface area contributed by atoms with Gasteiger partial charge in [0.05, 0.1) is 5.57 Å². The van der Waals surface area contributed by atoms with E-state index in [1.165, 1.54) is 0 Å². The highest BCUT2D eigenvalue weighted by Gasteiger charge is 2.16. The van der Waals surface area contributed by atoms with E-state index in [0.29, 0.717) is 5.57 Å². The zero-order chi connectivity index (χ0) is 10.8. The molecule has 3 heteroatoms.